The van der Waals surface area contributed by atoms with Gasteiger partial charge in [-0.1, -0.05) is 12.1 Å². The predicted molar refractivity (Wildman–Crippen MR) is 154 cm³/mol. The molecular weight excluding hydrogens is 511 g/mol. The van der Waals surface area contributed by atoms with Gasteiger partial charge in [0.1, 0.15) is 5.82 Å². The molecule has 1 aliphatic rings. The van der Waals surface area contributed by atoms with Crippen molar-refractivity contribution in [1.82, 2.24) is 19.8 Å². The lowest BCUT2D eigenvalue weighted by molar-refractivity contribution is 0.102. The zero-order chi connectivity index (χ0) is 28.2. The van der Waals surface area contributed by atoms with E-state index in [0.29, 0.717) is 46.1 Å². The van der Waals surface area contributed by atoms with Crippen molar-refractivity contribution >= 4 is 40.0 Å². The molecule has 2 amide bonds. The zero-order valence-corrected chi connectivity index (χ0v) is 22.6. The summed E-state index contributed by atoms with van der Waals surface area (Å²) in [6.45, 7) is 2.83. The first-order chi connectivity index (χ1) is 19.4. The summed E-state index contributed by atoms with van der Waals surface area (Å²) in [7, 11) is 3.25. The number of fused-ring (bicyclic) bond motifs is 1. The van der Waals surface area contributed by atoms with E-state index in [1.165, 1.54) is 23.4 Å². The number of nitrogens with zero attached hydrogens (tertiary/aromatic N) is 4. The molecule has 2 aromatic carbocycles. The summed E-state index contributed by atoms with van der Waals surface area (Å²) in [6, 6.07) is 15.6. The number of aromatic nitrogens is 2. The van der Waals surface area contributed by atoms with Gasteiger partial charge in [-0.25, -0.2) is 14.2 Å². The van der Waals surface area contributed by atoms with E-state index in [1.54, 1.807) is 48.5 Å². The number of halogens is 1. The summed E-state index contributed by atoms with van der Waals surface area (Å²) in [5.41, 5.74) is 3.17. The number of hydrogen-bond acceptors (Lipinski definition) is 6. The molecule has 0 saturated carbocycles. The Labute approximate surface area is 232 Å². The Balaban J connectivity index is 1.27. The number of aliphatic hydroxyl groups excluding tert-OH is 1. The molecule has 40 heavy (non-hydrogen) atoms. The van der Waals surface area contributed by atoms with Crippen LogP contribution < -0.4 is 15.5 Å². The third-order valence-corrected chi connectivity index (χ3v) is 7.60. The Morgan fingerprint density at radius 1 is 1.10 bits per heavy atom. The lowest BCUT2D eigenvalue weighted by atomic mass is 9.89. The quantitative estimate of drug-likeness (QED) is 0.315. The summed E-state index contributed by atoms with van der Waals surface area (Å²) in [6.07, 6.45) is 5.16. The number of likely N-dealkylation sites (tertiary alicyclic amines) is 1. The van der Waals surface area contributed by atoms with Gasteiger partial charge in [-0.3, -0.25) is 9.36 Å². The van der Waals surface area contributed by atoms with E-state index in [4.69, 9.17) is 5.11 Å². The highest BCUT2D eigenvalue weighted by molar-refractivity contribution is 6.04. The van der Waals surface area contributed by atoms with Crippen LogP contribution in [0.4, 0.5) is 26.4 Å². The van der Waals surface area contributed by atoms with E-state index >= 15 is 4.39 Å². The molecule has 9 nitrogen and oxygen atoms in total. The molecule has 208 valence electrons. The second-order valence-corrected chi connectivity index (χ2v) is 9.95. The molecule has 1 saturated heterocycles. The number of amides is 2. The minimum atomic E-state index is -0.454. The minimum Gasteiger partial charge on any atom is -0.395 e. The van der Waals surface area contributed by atoms with E-state index in [0.717, 1.165) is 25.9 Å². The Bertz CT molecular complexity index is 1510. The summed E-state index contributed by atoms with van der Waals surface area (Å²) in [4.78, 5) is 33.2. The number of anilines is 3. The van der Waals surface area contributed by atoms with Crippen molar-refractivity contribution in [1.29, 1.82) is 0 Å². The van der Waals surface area contributed by atoms with E-state index in [1.807, 2.05) is 24.3 Å². The maximum atomic E-state index is 15.5. The lowest BCUT2D eigenvalue weighted by Crippen LogP contribution is -2.34. The standard InChI is InChI=1S/C30H33FN6O3/c1-32-30(40)37-16-12-24-25(37)7-8-26(28(24)31)35(2)23-9-13-33-27(19-23)34-29(39)22-5-3-20(4-6-22)21-10-14-36(15-11-21)17-18-38/h3-9,12-13,16,19,21,38H,10-11,14-15,17-18H2,1-2H3,(H,32,40)(H,33,34,39). The molecule has 0 bridgehead atoms. The fourth-order valence-corrected chi connectivity index (χ4v) is 5.29. The average Bonchev–Trinajstić information content (AvgIpc) is 3.43. The number of carbonyl (C=O) groups is 2. The highest BCUT2D eigenvalue weighted by Crippen LogP contribution is 2.32. The van der Waals surface area contributed by atoms with Crippen molar-refractivity contribution < 1.29 is 19.1 Å². The molecular formula is C30H33FN6O3. The van der Waals surface area contributed by atoms with E-state index in [2.05, 4.69) is 20.5 Å². The van der Waals surface area contributed by atoms with E-state index < -0.39 is 5.82 Å². The Hall–Kier alpha value is -4.28. The number of hydrogen-bond donors (Lipinski definition) is 3. The van der Waals surface area contributed by atoms with Crippen LogP contribution in [0.1, 0.15) is 34.7 Å². The van der Waals surface area contributed by atoms with Crippen molar-refractivity contribution in [3.05, 3.63) is 83.9 Å². The van der Waals surface area contributed by atoms with E-state index in [-0.39, 0.29) is 18.5 Å². The predicted octanol–water partition coefficient (Wildman–Crippen LogP) is 4.55. The summed E-state index contributed by atoms with van der Waals surface area (Å²) < 4.78 is 16.8. The smallest absolute Gasteiger partial charge is 0.325 e. The Morgan fingerprint density at radius 3 is 2.55 bits per heavy atom. The molecule has 3 N–H and O–H groups in total. The number of aliphatic hydroxyl groups is 1. The molecule has 1 fully saturated rings. The van der Waals surface area contributed by atoms with Gasteiger partial charge in [-0.05, 0) is 73.8 Å². The van der Waals surface area contributed by atoms with Crippen molar-refractivity contribution in [3.63, 3.8) is 0 Å². The fourth-order valence-electron chi connectivity index (χ4n) is 5.29. The van der Waals surface area contributed by atoms with Gasteiger partial charge in [0.2, 0.25) is 0 Å². The van der Waals surface area contributed by atoms with Gasteiger partial charge in [-0.2, -0.15) is 0 Å². The monoisotopic (exact) mass is 544 g/mol. The molecule has 4 aromatic rings. The first kappa shape index (κ1) is 27.3. The average molecular weight is 545 g/mol. The molecule has 0 radical (unpaired) electrons. The molecule has 0 atom stereocenters. The number of rotatable bonds is 7. The zero-order valence-electron chi connectivity index (χ0n) is 22.6. The molecule has 3 heterocycles. The van der Waals surface area contributed by atoms with Crippen LogP contribution in [0, 0.1) is 5.82 Å². The molecule has 10 heteroatoms. The number of piperidine rings is 1. The highest BCUT2D eigenvalue weighted by Gasteiger charge is 2.21. The largest absolute Gasteiger partial charge is 0.395 e. The van der Waals surface area contributed by atoms with E-state index in [9.17, 15) is 9.59 Å². The number of β-amino-alcohol motifs (C(OH)–C–C–N with tert-alkyl or cyclic N) is 1. The second-order valence-electron chi connectivity index (χ2n) is 9.95. The van der Waals surface area contributed by atoms with Gasteiger partial charge < -0.3 is 25.5 Å². The minimum absolute atomic E-state index is 0.185. The van der Waals surface area contributed by atoms with Crippen LogP contribution in [0.3, 0.4) is 0 Å². The third-order valence-electron chi connectivity index (χ3n) is 7.60. The SMILES string of the molecule is CNC(=O)n1ccc2c(F)c(N(C)c3ccnc(NC(=O)c4ccc(C5CCN(CCO)CC5)cc4)c3)ccc21. The lowest BCUT2D eigenvalue weighted by Gasteiger charge is -2.31. The second kappa shape index (κ2) is 11.8. The first-order valence-electron chi connectivity index (χ1n) is 13.4. The Morgan fingerprint density at radius 2 is 1.85 bits per heavy atom. The van der Waals surface area contributed by atoms with Crippen LogP contribution in [0.2, 0.25) is 0 Å². The van der Waals surface area contributed by atoms with Gasteiger partial charge in [-0.15, -0.1) is 0 Å². The Kier molecular flexibility index (Phi) is 8.09. The molecule has 0 unspecified atom stereocenters. The van der Waals surface area contributed by atoms with Gasteiger partial charge in [0.25, 0.3) is 5.91 Å². The molecule has 0 aliphatic carbocycles. The van der Waals surface area contributed by atoms with Gasteiger partial charge in [0.15, 0.2) is 5.82 Å². The number of carbonyl (C=O) groups excluding carboxylic acids is 2. The summed E-state index contributed by atoms with van der Waals surface area (Å²) in [5.74, 6) is 0.0637. The number of pyridine rings is 1. The third kappa shape index (κ3) is 5.54. The van der Waals surface area contributed by atoms with Crippen LogP contribution in [-0.4, -0.2) is 71.8 Å². The van der Waals surface area contributed by atoms with Crippen molar-refractivity contribution in [2.45, 2.75) is 18.8 Å². The molecule has 0 spiro atoms. The summed E-state index contributed by atoms with van der Waals surface area (Å²) >= 11 is 0. The maximum absolute atomic E-state index is 15.5. The molecule has 5 rings (SSSR count). The van der Waals surface area contributed by atoms with Crippen molar-refractivity contribution in [2.75, 3.05) is 50.6 Å². The fraction of sp³-hybridized carbons (Fsp3) is 0.300. The van der Waals surface area contributed by atoms with Gasteiger partial charge >= 0.3 is 6.03 Å². The van der Waals surface area contributed by atoms with Crippen LogP contribution in [0.25, 0.3) is 10.9 Å². The van der Waals surface area contributed by atoms with Gasteiger partial charge in [0, 0.05) is 55.7 Å². The van der Waals surface area contributed by atoms with Crippen molar-refractivity contribution in [3.8, 4) is 0 Å². The number of nitrogens with one attached hydrogen (secondary N) is 2. The highest BCUT2D eigenvalue weighted by atomic mass is 19.1. The topological polar surface area (TPSA) is 103 Å². The van der Waals surface area contributed by atoms with Crippen molar-refractivity contribution in [2.24, 2.45) is 0 Å². The summed E-state index contributed by atoms with van der Waals surface area (Å²) in [5, 5.41) is 14.8. The normalized spacial score (nSPS) is 14.3. The maximum Gasteiger partial charge on any atom is 0.325 e. The van der Waals surface area contributed by atoms with Crippen LogP contribution >= 0.6 is 0 Å². The van der Waals surface area contributed by atoms with Gasteiger partial charge in [0.05, 0.1) is 17.8 Å². The number of benzene rings is 2. The van der Waals surface area contributed by atoms with Crippen LogP contribution in [0.5, 0.6) is 0 Å². The van der Waals surface area contributed by atoms with Crippen LogP contribution in [-0.2, 0) is 0 Å². The molecule has 1 aliphatic heterocycles. The molecule has 2 aromatic heterocycles. The first-order valence-corrected chi connectivity index (χ1v) is 13.4. The van der Waals surface area contributed by atoms with Crippen LogP contribution in [0.15, 0.2) is 67.0 Å².